The highest BCUT2D eigenvalue weighted by molar-refractivity contribution is 5.88. The molecule has 11 nitrogen and oxygen atoms in total. The van der Waals surface area contributed by atoms with Crippen molar-refractivity contribution in [1.29, 1.82) is 0 Å². The van der Waals surface area contributed by atoms with Gasteiger partial charge in [0.15, 0.2) is 5.60 Å². The Morgan fingerprint density at radius 1 is 0.582 bits per heavy atom. The highest BCUT2D eigenvalue weighted by Crippen LogP contribution is 2.39. The first-order valence-corrected chi connectivity index (χ1v) is 18.9. The molecule has 55 heavy (non-hydrogen) atoms. The van der Waals surface area contributed by atoms with Crippen LogP contribution in [0.25, 0.3) is 33.6 Å². The van der Waals surface area contributed by atoms with E-state index in [9.17, 15) is 19.5 Å². The molecule has 3 unspecified atom stereocenters. The number of aromatic nitrogens is 4. The molecule has 5 N–H and O–H groups in total. The van der Waals surface area contributed by atoms with Gasteiger partial charge in [0.2, 0.25) is 0 Å². The number of H-pyrrole nitrogens is 2. The van der Waals surface area contributed by atoms with Gasteiger partial charge in [-0.2, -0.15) is 0 Å². The molecule has 0 aliphatic carbocycles. The molecule has 4 atom stereocenters. The lowest BCUT2D eigenvalue weighted by Crippen LogP contribution is -2.57. The minimum absolute atomic E-state index is 0.378. The van der Waals surface area contributed by atoms with Crippen LogP contribution in [-0.2, 0) is 19.1 Å². The number of benzene rings is 2. The molecular weight excluding hydrogens is 693 g/mol. The van der Waals surface area contributed by atoms with Gasteiger partial charge in [-0.1, -0.05) is 132 Å². The first kappa shape index (κ1) is 43.0. The lowest BCUT2D eigenvalue weighted by Gasteiger charge is -2.41. The maximum atomic E-state index is 13.7. The van der Waals surface area contributed by atoms with Gasteiger partial charge in [0.05, 0.1) is 35.9 Å². The van der Waals surface area contributed by atoms with E-state index in [-0.39, 0.29) is 11.3 Å². The lowest BCUT2D eigenvalue weighted by atomic mass is 9.76. The van der Waals surface area contributed by atoms with E-state index in [1.54, 1.807) is 26.2 Å². The number of hydrogen-bond donors (Lipinski definition) is 5. The van der Waals surface area contributed by atoms with Crippen LogP contribution in [-0.4, -0.2) is 54.0 Å². The largest absolute Gasteiger partial charge is 0.449 e. The van der Waals surface area contributed by atoms with Gasteiger partial charge in [-0.05, 0) is 52.3 Å². The number of hydrogen-bond acceptors (Lipinski definition) is 7. The number of esters is 1. The van der Waals surface area contributed by atoms with Crippen molar-refractivity contribution in [2.24, 2.45) is 21.7 Å². The van der Waals surface area contributed by atoms with Crippen molar-refractivity contribution < 1.29 is 24.2 Å². The van der Waals surface area contributed by atoms with Gasteiger partial charge in [0.25, 0.3) is 11.8 Å². The Bertz CT molecular complexity index is 1980. The number of rotatable bonds is 10. The van der Waals surface area contributed by atoms with E-state index in [4.69, 9.17) is 4.74 Å². The third kappa shape index (κ3) is 9.37. The molecule has 0 fully saturated rings. The predicted octanol–water partition coefficient (Wildman–Crippen LogP) is 8.71. The number of carbonyl (C=O) groups excluding carboxylic acids is 3. The summed E-state index contributed by atoms with van der Waals surface area (Å²) in [6, 6.07) is 15.4. The summed E-state index contributed by atoms with van der Waals surface area (Å²) >= 11 is 0. The van der Waals surface area contributed by atoms with Crippen LogP contribution < -0.4 is 10.6 Å². The Labute approximate surface area is 326 Å². The van der Waals surface area contributed by atoms with Crippen molar-refractivity contribution in [3.05, 3.63) is 72.6 Å². The van der Waals surface area contributed by atoms with Crippen LogP contribution in [0.2, 0.25) is 0 Å². The Balaban J connectivity index is 1.52. The van der Waals surface area contributed by atoms with Crippen molar-refractivity contribution in [2.75, 3.05) is 0 Å². The molecule has 2 heterocycles. The Hall–Kier alpha value is -4.77. The van der Waals surface area contributed by atoms with Crippen LogP contribution >= 0.6 is 0 Å². The van der Waals surface area contributed by atoms with Gasteiger partial charge in [0.1, 0.15) is 17.2 Å². The second-order valence-corrected chi connectivity index (χ2v) is 19.3. The Morgan fingerprint density at radius 2 is 0.927 bits per heavy atom. The van der Waals surface area contributed by atoms with Crippen LogP contribution in [0.3, 0.4) is 0 Å². The average Bonchev–Trinajstić information content (AvgIpc) is 3.74. The van der Waals surface area contributed by atoms with Crippen molar-refractivity contribution >= 4 is 17.8 Å². The molecule has 0 aliphatic heterocycles. The number of nitrogens with zero attached hydrogens (tertiary/aromatic N) is 2. The zero-order chi connectivity index (χ0) is 41.5. The molecule has 0 spiro atoms. The van der Waals surface area contributed by atoms with Gasteiger partial charge in [-0.3, -0.25) is 14.4 Å². The quantitative estimate of drug-likeness (QED) is 0.101. The molecule has 0 aliphatic rings. The summed E-state index contributed by atoms with van der Waals surface area (Å²) in [5.74, 6) is -0.136. The molecule has 0 bridgehead atoms. The predicted molar refractivity (Wildman–Crippen MR) is 217 cm³/mol. The topological polar surface area (TPSA) is 162 Å². The highest BCUT2D eigenvalue weighted by Gasteiger charge is 2.49. The average molecular weight is 755 g/mol. The zero-order valence-electron chi connectivity index (χ0n) is 35.4. The highest BCUT2D eigenvalue weighted by atomic mass is 16.6. The van der Waals surface area contributed by atoms with E-state index in [1.807, 2.05) is 107 Å². The maximum absolute atomic E-state index is 13.7. The second-order valence-electron chi connectivity index (χ2n) is 19.3. The Morgan fingerprint density at radius 3 is 1.24 bits per heavy atom. The van der Waals surface area contributed by atoms with Crippen LogP contribution in [0.4, 0.5) is 0 Å². The van der Waals surface area contributed by atoms with Crippen LogP contribution in [0, 0.1) is 21.7 Å². The van der Waals surface area contributed by atoms with E-state index in [0.29, 0.717) is 11.6 Å². The fourth-order valence-electron chi connectivity index (χ4n) is 6.04. The monoisotopic (exact) mass is 754 g/mol. The van der Waals surface area contributed by atoms with Gasteiger partial charge in [-0.25, -0.2) is 9.97 Å². The van der Waals surface area contributed by atoms with E-state index in [0.717, 1.165) is 33.6 Å². The maximum Gasteiger partial charge on any atom is 0.303 e. The number of aromatic amines is 2. The molecule has 298 valence electrons. The van der Waals surface area contributed by atoms with Gasteiger partial charge in [-0.15, -0.1) is 0 Å². The molecule has 11 heteroatoms. The number of ether oxygens (including phenoxy) is 1. The lowest BCUT2D eigenvalue weighted by molar-refractivity contribution is -0.178. The normalized spacial score (nSPS) is 16.0. The van der Waals surface area contributed by atoms with Crippen LogP contribution in [0.5, 0.6) is 0 Å². The smallest absolute Gasteiger partial charge is 0.303 e. The molecule has 0 saturated heterocycles. The summed E-state index contributed by atoms with van der Waals surface area (Å²) in [7, 11) is 0. The minimum atomic E-state index is -1.57. The summed E-state index contributed by atoms with van der Waals surface area (Å²) in [5, 5.41) is 17.2. The number of amides is 2. The third-order valence-electron chi connectivity index (χ3n) is 10.9. The molecule has 2 aromatic carbocycles. The summed E-state index contributed by atoms with van der Waals surface area (Å²) in [6.45, 7) is 27.8. The van der Waals surface area contributed by atoms with Crippen LogP contribution in [0.15, 0.2) is 60.9 Å². The summed E-state index contributed by atoms with van der Waals surface area (Å²) in [4.78, 5) is 55.1. The molecule has 4 aromatic rings. The number of aliphatic hydroxyl groups is 1. The number of carbonyl (C=O) groups is 3. The van der Waals surface area contributed by atoms with Gasteiger partial charge >= 0.3 is 5.97 Å². The van der Waals surface area contributed by atoms with Gasteiger partial charge < -0.3 is 30.4 Å². The third-order valence-corrected chi connectivity index (χ3v) is 10.9. The van der Waals surface area contributed by atoms with E-state index >= 15 is 0 Å². The standard InChI is InChI=1S/C44H62N6O5/c1-26(51)55-44(15,42(11,12)13)38(53)50-34(40(5,6)7)36-46-25-32(48-36)30-22-18-28(19-23-30)27-16-20-29(21-17-27)31-24-45-35(47-31)33(39(2,3)4)49-37(52)43(14,54)41(8,9)10/h16-25,33-34,54H,1-15H3,(H,45,47)(H,46,48)(H,49,52)(H,50,53)/t33-,34?,43?,44?/m1/s1. The molecule has 2 amide bonds. The SMILES string of the molecule is CC(=O)OC(C)(C(=O)NC(c1ncc(-c2ccc(-c3ccc(-c4cnc([C@@H](NC(=O)C(C)(O)C(C)(C)C)C(C)(C)C)[nH]4)cc3)cc2)[nH]1)C(C)(C)C)C(C)(C)C. The van der Waals surface area contributed by atoms with Crippen molar-refractivity contribution in [1.82, 2.24) is 30.6 Å². The van der Waals surface area contributed by atoms with E-state index < -0.39 is 51.4 Å². The molecule has 0 radical (unpaired) electrons. The number of nitrogens with one attached hydrogen (secondary N) is 4. The first-order chi connectivity index (χ1) is 25.1. The first-order valence-electron chi connectivity index (χ1n) is 18.9. The number of imidazole rings is 2. The fourth-order valence-corrected chi connectivity index (χ4v) is 6.04. The molecule has 4 rings (SSSR count). The summed E-state index contributed by atoms with van der Waals surface area (Å²) in [6.07, 6.45) is 3.53. The van der Waals surface area contributed by atoms with Crippen LogP contribution in [0.1, 0.15) is 128 Å². The van der Waals surface area contributed by atoms with Crippen molar-refractivity contribution in [2.45, 2.75) is 127 Å². The molecule has 0 saturated carbocycles. The summed E-state index contributed by atoms with van der Waals surface area (Å²) < 4.78 is 5.61. The minimum Gasteiger partial charge on any atom is -0.449 e. The fraction of sp³-hybridized carbons (Fsp3) is 0.523. The van der Waals surface area contributed by atoms with Crippen molar-refractivity contribution in [3.8, 4) is 33.6 Å². The molecular formula is C44H62N6O5. The second kappa shape index (κ2) is 15.0. The molecule has 2 aromatic heterocycles. The Kier molecular flexibility index (Phi) is 11.8. The zero-order valence-corrected chi connectivity index (χ0v) is 35.4. The van der Waals surface area contributed by atoms with E-state index in [2.05, 4.69) is 54.8 Å². The van der Waals surface area contributed by atoms with Gasteiger partial charge in [0, 0.05) is 12.3 Å². The van der Waals surface area contributed by atoms with E-state index in [1.165, 1.54) is 6.92 Å². The summed E-state index contributed by atoms with van der Waals surface area (Å²) in [5.41, 5.74) is 0.518. The van der Waals surface area contributed by atoms with Crippen molar-refractivity contribution in [3.63, 3.8) is 0 Å².